The smallest absolute Gasteiger partial charge is 0.345 e. The first-order valence-electron chi connectivity index (χ1n) is 6.72. The van der Waals surface area contributed by atoms with Gasteiger partial charge in [0.25, 0.3) is 0 Å². The summed E-state index contributed by atoms with van der Waals surface area (Å²) in [4.78, 5) is 25.4. The molecule has 1 aromatic rings. The highest BCUT2D eigenvalue weighted by Gasteiger charge is 2.23. The minimum absolute atomic E-state index is 0.114. The van der Waals surface area contributed by atoms with Gasteiger partial charge in [-0.3, -0.25) is 0 Å². The number of methoxy groups -OCH3 is 2. The first-order valence-corrected chi connectivity index (χ1v) is 6.72. The van der Waals surface area contributed by atoms with Crippen LogP contribution in [0.1, 0.15) is 5.56 Å². The fourth-order valence-corrected chi connectivity index (χ4v) is 2.05. The van der Waals surface area contributed by atoms with Crippen molar-refractivity contribution in [2.45, 2.75) is 6.54 Å². The third-order valence-electron chi connectivity index (χ3n) is 3.17. The number of allylic oxidation sites excluding steroid dienone is 3. The van der Waals surface area contributed by atoms with Gasteiger partial charge in [-0.1, -0.05) is 30.3 Å². The maximum Gasteiger partial charge on any atom is 0.345 e. The highest BCUT2D eigenvalue weighted by Crippen LogP contribution is 2.18. The summed E-state index contributed by atoms with van der Waals surface area (Å²) in [7, 11) is 2.45. The van der Waals surface area contributed by atoms with Crippen LogP contribution in [-0.4, -0.2) is 31.1 Å². The molecule has 1 heterocycles. The zero-order valence-electron chi connectivity index (χ0n) is 12.5. The Morgan fingerprint density at radius 2 is 1.50 bits per heavy atom. The molecule has 5 nitrogen and oxygen atoms in total. The maximum absolute atomic E-state index is 11.7. The molecule has 22 heavy (non-hydrogen) atoms. The van der Waals surface area contributed by atoms with Gasteiger partial charge < -0.3 is 14.4 Å². The number of carbonyl (C=O) groups excluding carboxylic acids is 2. The van der Waals surface area contributed by atoms with Crippen molar-refractivity contribution in [1.29, 1.82) is 0 Å². The van der Waals surface area contributed by atoms with Crippen molar-refractivity contribution in [3.8, 4) is 0 Å². The second-order valence-corrected chi connectivity index (χ2v) is 4.60. The van der Waals surface area contributed by atoms with E-state index in [-0.39, 0.29) is 5.57 Å². The number of nitrogens with zero attached hydrogens (tertiary/aromatic N) is 1. The molecule has 0 spiro atoms. The van der Waals surface area contributed by atoms with Crippen molar-refractivity contribution in [1.82, 2.24) is 4.90 Å². The van der Waals surface area contributed by atoms with E-state index in [1.54, 1.807) is 24.6 Å². The molecule has 0 atom stereocenters. The standard InChI is InChI=1S/C17H17NO4/c1-21-16(19)15(17(20)22-2)14-8-10-18(11-9-14)12-13-6-4-3-5-7-13/h3-11H,12H2,1-2H3. The van der Waals surface area contributed by atoms with Gasteiger partial charge in [0.05, 0.1) is 14.2 Å². The van der Waals surface area contributed by atoms with Crippen molar-refractivity contribution >= 4 is 11.9 Å². The van der Waals surface area contributed by atoms with Crippen LogP contribution >= 0.6 is 0 Å². The van der Waals surface area contributed by atoms with E-state index in [1.807, 2.05) is 35.2 Å². The minimum atomic E-state index is -0.715. The summed E-state index contributed by atoms with van der Waals surface area (Å²) >= 11 is 0. The van der Waals surface area contributed by atoms with Gasteiger partial charge in [0.15, 0.2) is 5.57 Å². The largest absolute Gasteiger partial charge is 0.465 e. The summed E-state index contributed by atoms with van der Waals surface area (Å²) in [6.45, 7) is 0.701. The van der Waals surface area contributed by atoms with Crippen molar-refractivity contribution in [2.75, 3.05) is 14.2 Å². The van der Waals surface area contributed by atoms with Crippen LogP contribution in [0, 0.1) is 0 Å². The fraction of sp³-hybridized carbons (Fsp3) is 0.176. The molecule has 0 amide bonds. The molecule has 0 unspecified atom stereocenters. The van der Waals surface area contributed by atoms with Crippen LogP contribution in [0.15, 0.2) is 66.0 Å². The average molecular weight is 299 g/mol. The zero-order chi connectivity index (χ0) is 15.9. The topological polar surface area (TPSA) is 55.8 Å². The maximum atomic E-state index is 11.7. The molecule has 1 aliphatic heterocycles. The van der Waals surface area contributed by atoms with E-state index < -0.39 is 11.9 Å². The van der Waals surface area contributed by atoms with Crippen LogP contribution in [0.5, 0.6) is 0 Å². The molecule has 0 saturated heterocycles. The van der Waals surface area contributed by atoms with Gasteiger partial charge in [0, 0.05) is 18.9 Å². The average Bonchev–Trinajstić information content (AvgIpc) is 2.57. The molecule has 1 aromatic carbocycles. The quantitative estimate of drug-likeness (QED) is 0.369. The van der Waals surface area contributed by atoms with Gasteiger partial charge in [-0.2, -0.15) is 0 Å². The van der Waals surface area contributed by atoms with Gasteiger partial charge in [-0.25, -0.2) is 9.59 Å². The van der Waals surface area contributed by atoms with E-state index in [2.05, 4.69) is 9.47 Å². The van der Waals surface area contributed by atoms with Crippen molar-refractivity contribution in [3.05, 3.63) is 71.6 Å². The molecule has 0 bridgehead atoms. The predicted octanol–water partition coefficient (Wildman–Crippen LogP) is 2.17. The first-order chi connectivity index (χ1) is 10.7. The Bertz CT molecular complexity index is 610. The van der Waals surface area contributed by atoms with Crippen LogP contribution in [0.25, 0.3) is 0 Å². The minimum Gasteiger partial charge on any atom is -0.465 e. The van der Waals surface area contributed by atoms with Crippen LogP contribution in [0.4, 0.5) is 0 Å². The Balaban J connectivity index is 2.18. The van der Waals surface area contributed by atoms with Crippen LogP contribution in [0.2, 0.25) is 0 Å². The predicted molar refractivity (Wildman–Crippen MR) is 81.3 cm³/mol. The Morgan fingerprint density at radius 3 is 2.00 bits per heavy atom. The fourth-order valence-electron chi connectivity index (χ4n) is 2.05. The van der Waals surface area contributed by atoms with Crippen LogP contribution in [0.3, 0.4) is 0 Å². The van der Waals surface area contributed by atoms with E-state index in [1.165, 1.54) is 14.2 Å². The molecule has 5 heteroatoms. The van der Waals surface area contributed by atoms with E-state index >= 15 is 0 Å². The van der Waals surface area contributed by atoms with Gasteiger partial charge in [0.2, 0.25) is 0 Å². The summed E-state index contributed by atoms with van der Waals surface area (Å²) in [6, 6.07) is 9.98. The number of ether oxygens (including phenoxy) is 2. The van der Waals surface area contributed by atoms with Gasteiger partial charge >= 0.3 is 11.9 Å². The third-order valence-corrected chi connectivity index (χ3v) is 3.17. The molecular weight excluding hydrogens is 282 g/mol. The molecular formula is C17H17NO4. The summed E-state index contributed by atoms with van der Waals surface area (Å²) in [5, 5.41) is 0. The van der Waals surface area contributed by atoms with Gasteiger partial charge in [-0.05, 0) is 23.3 Å². The number of hydrogen-bond acceptors (Lipinski definition) is 5. The molecule has 0 saturated carbocycles. The second kappa shape index (κ2) is 7.26. The Labute approximate surface area is 129 Å². The van der Waals surface area contributed by atoms with Gasteiger partial charge in [-0.15, -0.1) is 0 Å². The van der Waals surface area contributed by atoms with Crippen LogP contribution in [-0.2, 0) is 25.6 Å². The number of carbonyl (C=O) groups is 2. The normalized spacial score (nSPS) is 13.0. The molecule has 114 valence electrons. The van der Waals surface area contributed by atoms with Crippen molar-refractivity contribution < 1.29 is 19.1 Å². The third kappa shape index (κ3) is 3.63. The van der Waals surface area contributed by atoms with Gasteiger partial charge in [0.1, 0.15) is 0 Å². The van der Waals surface area contributed by atoms with E-state index in [4.69, 9.17) is 0 Å². The molecule has 0 fully saturated rings. The monoisotopic (exact) mass is 299 g/mol. The lowest BCUT2D eigenvalue weighted by molar-refractivity contribution is -0.144. The number of esters is 2. The summed E-state index contributed by atoms with van der Waals surface area (Å²) < 4.78 is 9.26. The van der Waals surface area contributed by atoms with Crippen molar-refractivity contribution in [2.24, 2.45) is 0 Å². The Morgan fingerprint density at radius 1 is 0.955 bits per heavy atom. The van der Waals surface area contributed by atoms with E-state index in [0.717, 1.165) is 5.56 Å². The first kappa shape index (κ1) is 15.6. The lowest BCUT2D eigenvalue weighted by Gasteiger charge is -2.19. The van der Waals surface area contributed by atoms with E-state index in [0.29, 0.717) is 12.1 Å². The highest BCUT2D eigenvalue weighted by atomic mass is 16.5. The van der Waals surface area contributed by atoms with Crippen molar-refractivity contribution in [3.63, 3.8) is 0 Å². The molecule has 0 radical (unpaired) electrons. The molecule has 1 aliphatic rings. The summed E-state index contributed by atoms with van der Waals surface area (Å²) in [5.74, 6) is -1.43. The molecule has 0 N–H and O–H groups in total. The zero-order valence-corrected chi connectivity index (χ0v) is 12.5. The van der Waals surface area contributed by atoms with Crippen LogP contribution < -0.4 is 0 Å². The molecule has 0 aliphatic carbocycles. The number of rotatable bonds is 4. The number of benzene rings is 1. The summed E-state index contributed by atoms with van der Waals surface area (Å²) in [6.07, 6.45) is 6.97. The SMILES string of the molecule is COC(=O)C(C(=O)OC)=C1C=CN(Cc2ccccc2)C=C1. The lowest BCUT2D eigenvalue weighted by Crippen LogP contribution is -2.19. The number of hydrogen-bond donors (Lipinski definition) is 0. The molecule has 0 aromatic heterocycles. The summed E-state index contributed by atoms with van der Waals surface area (Å²) in [5.41, 5.74) is 1.50. The second-order valence-electron chi connectivity index (χ2n) is 4.60. The molecule has 2 rings (SSSR count). The van der Waals surface area contributed by atoms with E-state index in [9.17, 15) is 9.59 Å². The highest BCUT2D eigenvalue weighted by molar-refractivity contribution is 6.15. The Hall–Kier alpha value is -2.82. The Kier molecular flexibility index (Phi) is 5.14. The lowest BCUT2D eigenvalue weighted by atomic mass is 10.1.